The molecule has 0 unspecified atom stereocenters. The second-order valence-electron chi connectivity index (χ2n) is 8.51. The Labute approximate surface area is 177 Å². The van der Waals surface area contributed by atoms with E-state index in [-0.39, 0.29) is 24.3 Å². The molecular formula is C22H30N4O4. The van der Waals surface area contributed by atoms with Crippen molar-refractivity contribution in [3.8, 4) is 5.75 Å². The summed E-state index contributed by atoms with van der Waals surface area (Å²) >= 11 is 0. The predicted molar refractivity (Wildman–Crippen MR) is 112 cm³/mol. The van der Waals surface area contributed by atoms with Crippen molar-refractivity contribution in [2.45, 2.75) is 38.1 Å². The number of carbonyl (C=O) groups is 3. The van der Waals surface area contributed by atoms with Gasteiger partial charge < -0.3 is 19.9 Å². The van der Waals surface area contributed by atoms with E-state index < -0.39 is 11.6 Å². The van der Waals surface area contributed by atoms with Gasteiger partial charge in [-0.1, -0.05) is 25.8 Å². The third-order valence-corrected chi connectivity index (χ3v) is 6.85. The first-order valence-electron chi connectivity index (χ1n) is 10.8. The SMILES string of the molecule is COc1cccc(N2CCN(C(=O)CN3C(=O)N[C@]4(CCCC[C@@H]4C)C3=O)CC2)c1. The van der Waals surface area contributed by atoms with Crippen molar-refractivity contribution in [3.05, 3.63) is 24.3 Å². The van der Waals surface area contributed by atoms with Gasteiger partial charge in [-0.3, -0.25) is 14.5 Å². The molecule has 3 aliphatic rings. The highest BCUT2D eigenvalue weighted by atomic mass is 16.5. The van der Waals surface area contributed by atoms with Gasteiger partial charge >= 0.3 is 6.03 Å². The zero-order valence-corrected chi connectivity index (χ0v) is 17.7. The lowest BCUT2D eigenvalue weighted by Gasteiger charge is -2.37. The number of ether oxygens (including phenoxy) is 1. The number of rotatable bonds is 4. The number of carbonyl (C=O) groups excluding carboxylic acids is 3. The topological polar surface area (TPSA) is 82.2 Å². The smallest absolute Gasteiger partial charge is 0.325 e. The van der Waals surface area contributed by atoms with Crippen LogP contribution in [0, 0.1) is 5.92 Å². The number of urea groups is 1. The van der Waals surface area contributed by atoms with Gasteiger partial charge in [-0.15, -0.1) is 0 Å². The summed E-state index contributed by atoms with van der Waals surface area (Å²) in [6.45, 7) is 4.33. The number of piperazine rings is 1. The number of imide groups is 1. The fourth-order valence-electron chi connectivity index (χ4n) is 4.90. The summed E-state index contributed by atoms with van der Waals surface area (Å²) in [5.74, 6) is 0.483. The molecule has 1 N–H and O–H groups in total. The normalized spacial score (nSPS) is 26.9. The first kappa shape index (κ1) is 20.5. The number of hydrogen-bond donors (Lipinski definition) is 1. The van der Waals surface area contributed by atoms with Gasteiger partial charge in [-0.2, -0.15) is 0 Å². The summed E-state index contributed by atoms with van der Waals surface area (Å²) in [5.41, 5.74) is 0.240. The number of amides is 4. The average molecular weight is 415 g/mol. The maximum atomic E-state index is 13.1. The van der Waals surface area contributed by atoms with E-state index >= 15 is 0 Å². The third-order valence-electron chi connectivity index (χ3n) is 6.85. The molecule has 2 aliphatic heterocycles. The average Bonchev–Trinajstić information content (AvgIpc) is 3.01. The molecule has 1 aromatic rings. The Hall–Kier alpha value is -2.77. The first-order valence-corrected chi connectivity index (χ1v) is 10.8. The maximum Gasteiger partial charge on any atom is 0.325 e. The van der Waals surface area contributed by atoms with Gasteiger partial charge in [0.1, 0.15) is 17.8 Å². The highest BCUT2D eigenvalue weighted by molar-refractivity contribution is 6.09. The quantitative estimate of drug-likeness (QED) is 0.761. The summed E-state index contributed by atoms with van der Waals surface area (Å²) in [4.78, 5) is 43.5. The van der Waals surface area contributed by atoms with Crippen LogP contribution in [0.1, 0.15) is 32.6 Å². The number of nitrogens with one attached hydrogen (secondary N) is 1. The van der Waals surface area contributed by atoms with Crippen molar-refractivity contribution < 1.29 is 19.1 Å². The van der Waals surface area contributed by atoms with Gasteiger partial charge in [0.15, 0.2) is 0 Å². The van der Waals surface area contributed by atoms with Gasteiger partial charge in [0.05, 0.1) is 7.11 Å². The number of nitrogens with zero attached hydrogens (tertiary/aromatic N) is 3. The molecule has 1 aromatic carbocycles. The van der Waals surface area contributed by atoms with Crippen LogP contribution in [0.2, 0.25) is 0 Å². The van der Waals surface area contributed by atoms with Gasteiger partial charge in [0, 0.05) is 37.9 Å². The van der Waals surface area contributed by atoms with E-state index in [0.29, 0.717) is 32.6 Å². The van der Waals surface area contributed by atoms with Crippen molar-refractivity contribution in [2.24, 2.45) is 5.92 Å². The molecule has 1 aliphatic carbocycles. The van der Waals surface area contributed by atoms with Crippen molar-refractivity contribution in [1.29, 1.82) is 0 Å². The van der Waals surface area contributed by atoms with E-state index in [0.717, 1.165) is 35.6 Å². The van der Waals surface area contributed by atoms with Crippen molar-refractivity contribution >= 4 is 23.5 Å². The van der Waals surface area contributed by atoms with Gasteiger partial charge in [-0.25, -0.2) is 4.79 Å². The van der Waals surface area contributed by atoms with Crippen LogP contribution in [0.4, 0.5) is 10.5 Å². The zero-order valence-electron chi connectivity index (χ0n) is 17.7. The fraction of sp³-hybridized carbons (Fsp3) is 0.591. The van der Waals surface area contributed by atoms with E-state index in [1.165, 1.54) is 0 Å². The summed E-state index contributed by atoms with van der Waals surface area (Å²) in [5, 5.41) is 2.91. The fourth-order valence-corrected chi connectivity index (χ4v) is 4.90. The Morgan fingerprint density at radius 3 is 2.67 bits per heavy atom. The molecule has 30 heavy (non-hydrogen) atoms. The van der Waals surface area contributed by atoms with Crippen molar-refractivity contribution in [3.63, 3.8) is 0 Å². The second-order valence-corrected chi connectivity index (χ2v) is 8.51. The minimum absolute atomic E-state index is 0.0919. The highest BCUT2D eigenvalue weighted by Gasteiger charge is 2.55. The van der Waals surface area contributed by atoms with E-state index in [1.54, 1.807) is 12.0 Å². The lowest BCUT2D eigenvalue weighted by molar-refractivity contribution is -0.140. The van der Waals surface area contributed by atoms with Crippen LogP contribution >= 0.6 is 0 Å². The van der Waals surface area contributed by atoms with Gasteiger partial charge in [0.2, 0.25) is 5.91 Å². The molecular weight excluding hydrogens is 384 g/mol. The third kappa shape index (κ3) is 3.59. The minimum atomic E-state index is -0.819. The molecule has 0 bridgehead atoms. The molecule has 3 fully saturated rings. The number of benzene rings is 1. The van der Waals surface area contributed by atoms with Crippen LogP contribution in [0.5, 0.6) is 5.75 Å². The van der Waals surface area contributed by atoms with Crippen LogP contribution in [0.15, 0.2) is 24.3 Å². The van der Waals surface area contributed by atoms with Crippen LogP contribution in [-0.2, 0) is 9.59 Å². The molecule has 2 atom stereocenters. The highest BCUT2D eigenvalue weighted by Crippen LogP contribution is 2.38. The summed E-state index contributed by atoms with van der Waals surface area (Å²) in [7, 11) is 1.64. The van der Waals surface area contributed by atoms with E-state index in [4.69, 9.17) is 4.74 Å². The monoisotopic (exact) mass is 414 g/mol. The molecule has 8 heteroatoms. The number of hydrogen-bond acceptors (Lipinski definition) is 5. The van der Waals surface area contributed by atoms with E-state index in [2.05, 4.69) is 10.2 Å². The van der Waals surface area contributed by atoms with E-state index in [9.17, 15) is 14.4 Å². The second kappa shape index (κ2) is 8.16. The van der Waals surface area contributed by atoms with Crippen LogP contribution in [0.25, 0.3) is 0 Å². The lowest BCUT2D eigenvalue weighted by Crippen LogP contribution is -2.55. The van der Waals surface area contributed by atoms with E-state index in [1.807, 2.05) is 31.2 Å². The lowest BCUT2D eigenvalue weighted by atomic mass is 9.73. The van der Waals surface area contributed by atoms with Crippen LogP contribution in [0.3, 0.4) is 0 Å². The molecule has 2 saturated heterocycles. The standard InChI is InChI=1S/C22H30N4O4/c1-16-6-3-4-9-22(16)20(28)26(21(29)23-22)15-19(27)25-12-10-24(11-13-25)17-7-5-8-18(14-17)30-2/h5,7-8,14,16H,3-4,6,9-13,15H2,1-2H3,(H,23,29)/t16-,22-/m0/s1. The molecule has 4 rings (SSSR count). The number of methoxy groups -OCH3 is 1. The number of anilines is 1. The molecule has 162 valence electrons. The Morgan fingerprint density at radius 1 is 1.20 bits per heavy atom. The molecule has 8 nitrogen and oxygen atoms in total. The summed E-state index contributed by atoms with van der Waals surface area (Å²) in [6, 6.07) is 7.43. The van der Waals surface area contributed by atoms with Crippen molar-refractivity contribution in [2.75, 3.05) is 44.7 Å². The largest absolute Gasteiger partial charge is 0.497 e. The van der Waals surface area contributed by atoms with Crippen LogP contribution < -0.4 is 15.0 Å². The Balaban J connectivity index is 1.36. The Bertz CT molecular complexity index is 836. The van der Waals surface area contributed by atoms with Gasteiger partial charge in [-0.05, 0) is 30.9 Å². The molecule has 2 heterocycles. The molecule has 1 spiro atoms. The first-order chi connectivity index (χ1) is 14.4. The predicted octanol–water partition coefficient (Wildman–Crippen LogP) is 1.84. The van der Waals surface area contributed by atoms with Crippen molar-refractivity contribution in [1.82, 2.24) is 15.1 Å². The molecule has 0 radical (unpaired) electrons. The minimum Gasteiger partial charge on any atom is -0.497 e. The molecule has 0 aromatic heterocycles. The molecule has 1 saturated carbocycles. The molecule has 4 amide bonds. The summed E-state index contributed by atoms with van der Waals surface area (Å²) < 4.78 is 5.29. The summed E-state index contributed by atoms with van der Waals surface area (Å²) in [6.07, 6.45) is 3.57. The Morgan fingerprint density at radius 2 is 1.97 bits per heavy atom. The maximum absolute atomic E-state index is 13.1. The Kier molecular flexibility index (Phi) is 5.58. The zero-order chi connectivity index (χ0) is 21.3. The van der Waals surface area contributed by atoms with Crippen LogP contribution in [-0.4, -0.2) is 73.0 Å². The van der Waals surface area contributed by atoms with Gasteiger partial charge in [0.25, 0.3) is 5.91 Å².